The minimum atomic E-state index is -3.66. The molecule has 0 unspecified atom stereocenters. The van der Waals surface area contributed by atoms with E-state index in [1.165, 1.54) is 28.6 Å². The Balaban J connectivity index is 1.93. The Labute approximate surface area is 160 Å². The number of nitrogens with zero attached hydrogens (tertiary/aromatic N) is 2. The van der Waals surface area contributed by atoms with Crippen LogP contribution >= 0.6 is 0 Å². The van der Waals surface area contributed by atoms with Crippen LogP contribution in [0.5, 0.6) is 0 Å². The minimum absolute atomic E-state index is 0.123. The summed E-state index contributed by atoms with van der Waals surface area (Å²) in [6, 6.07) is 7.69. The number of sulfonamides is 1. The number of piperidine rings is 1. The van der Waals surface area contributed by atoms with Crippen LogP contribution < -0.4 is 0 Å². The van der Waals surface area contributed by atoms with Crippen molar-refractivity contribution in [1.82, 2.24) is 4.31 Å². The van der Waals surface area contributed by atoms with Crippen molar-refractivity contribution in [3.8, 4) is 6.07 Å². The molecule has 1 fully saturated rings. The molecule has 146 valence electrons. The molecule has 7 nitrogen and oxygen atoms in total. The van der Waals surface area contributed by atoms with Gasteiger partial charge >= 0.3 is 5.97 Å². The van der Waals surface area contributed by atoms with Crippen LogP contribution in [0.4, 0.5) is 0 Å². The van der Waals surface area contributed by atoms with Gasteiger partial charge in [0.05, 0.1) is 22.4 Å². The normalized spacial score (nSPS) is 16.5. The first-order chi connectivity index (χ1) is 12.6. The highest BCUT2D eigenvalue weighted by Crippen LogP contribution is 2.25. The zero-order valence-electron chi connectivity index (χ0n) is 15.8. The van der Waals surface area contributed by atoms with Gasteiger partial charge in [0.25, 0.3) is 0 Å². The molecule has 1 aromatic carbocycles. The van der Waals surface area contributed by atoms with E-state index < -0.39 is 27.3 Å². The lowest BCUT2D eigenvalue weighted by atomic mass is 9.91. The third-order valence-corrected chi connectivity index (χ3v) is 6.50. The topological polar surface area (TPSA) is 105 Å². The molecular weight excluding hydrogens is 368 g/mol. The first-order valence-electron chi connectivity index (χ1n) is 8.76. The fraction of sp³-hybridized carbons (Fsp3) is 0.526. The van der Waals surface area contributed by atoms with Gasteiger partial charge in [0.2, 0.25) is 10.0 Å². The van der Waals surface area contributed by atoms with Crippen LogP contribution in [0, 0.1) is 22.7 Å². The second-order valence-electron chi connectivity index (χ2n) is 7.60. The molecule has 0 bridgehead atoms. The van der Waals surface area contributed by atoms with Crippen molar-refractivity contribution in [2.75, 3.05) is 19.7 Å². The van der Waals surface area contributed by atoms with Gasteiger partial charge in [-0.25, -0.2) is 8.42 Å². The van der Waals surface area contributed by atoms with E-state index in [4.69, 9.17) is 10.00 Å². The maximum absolute atomic E-state index is 12.7. The average molecular weight is 392 g/mol. The van der Waals surface area contributed by atoms with E-state index in [0.717, 1.165) is 0 Å². The molecule has 1 saturated heterocycles. The quantitative estimate of drug-likeness (QED) is 0.711. The van der Waals surface area contributed by atoms with Crippen molar-refractivity contribution in [1.29, 1.82) is 5.26 Å². The number of rotatable bonds is 5. The summed E-state index contributed by atoms with van der Waals surface area (Å²) in [4.78, 5) is 24.1. The molecular formula is C19H24N2O5S. The highest BCUT2D eigenvalue weighted by molar-refractivity contribution is 7.89. The molecule has 1 aliphatic heterocycles. The number of carbonyl (C=O) groups is 2. The number of nitriles is 1. The summed E-state index contributed by atoms with van der Waals surface area (Å²) in [5.41, 5.74) is -0.182. The van der Waals surface area contributed by atoms with E-state index >= 15 is 0 Å². The van der Waals surface area contributed by atoms with Crippen LogP contribution in [-0.4, -0.2) is 44.2 Å². The molecule has 27 heavy (non-hydrogen) atoms. The molecule has 0 N–H and O–H groups in total. The molecule has 0 aromatic heterocycles. The minimum Gasteiger partial charge on any atom is -0.457 e. The predicted octanol–water partition coefficient (Wildman–Crippen LogP) is 2.12. The lowest BCUT2D eigenvalue weighted by Gasteiger charge is -2.30. The highest BCUT2D eigenvalue weighted by atomic mass is 32.2. The Hall–Kier alpha value is -2.24. The van der Waals surface area contributed by atoms with Crippen molar-refractivity contribution in [3.63, 3.8) is 0 Å². The van der Waals surface area contributed by atoms with E-state index in [1.54, 1.807) is 20.8 Å². The fourth-order valence-corrected chi connectivity index (χ4v) is 4.12. The van der Waals surface area contributed by atoms with Crippen molar-refractivity contribution in [2.45, 2.75) is 38.5 Å². The number of ether oxygens (including phenoxy) is 1. The number of hydrogen-bond donors (Lipinski definition) is 0. The van der Waals surface area contributed by atoms with Crippen LogP contribution in [0.1, 0.15) is 39.2 Å². The van der Waals surface area contributed by atoms with Gasteiger partial charge in [-0.1, -0.05) is 20.8 Å². The molecule has 0 aliphatic carbocycles. The summed E-state index contributed by atoms with van der Waals surface area (Å²) in [5, 5.41) is 8.81. The van der Waals surface area contributed by atoms with Crippen LogP contribution in [0.25, 0.3) is 0 Å². The standard InChI is InChI=1S/C19H24N2O5S/c1-19(2,3)17(22)13-26-18(23)15-8-10-21(11-9-15)27(24,25)16-6-4-14(12-20)5-7-16/h4-7,15H,8-11,13H2,1-3H3. The summed E-state index contributed by atoms with van der Waals surface area (Å²) < 4.78 is 31.8. The van der Waals surface area contributed by atoms with Crippen molar-refractivity contribution < 1.29 is 22.7 Å². The van der Waals surface area contributed by atoms with Crippen molar-refractivity contribution in [2.24, 2.45) is 11.3 Å². The van der Waals surface area contributed by atoms with E-state index in [1.807, 2.05) is 6.07 Å². The predicted molar refractivity (Wildman–Crippen MR) is 98.1 cm³/mol. The first kappa shape index (κ1) is 21.1. The molecule has 8 heteroatoms. The third kappa shape index (κ3) is 5.15. The van der Waals surface area contributed by atoms with Gasteiger partial charge in [0.1, 0.15) is 0 Å². The maximum atomic E-state index is 12.7. The molecule has 0 spiro atoms. The molecule has 0 radical (unpaired) electrons. The highest BCUT2D eigenvalue weighted by Gasteiger charge is 2.33. The molecule has 1 aliphatic rings. The van der Waals surface area contributed by atoms with Gasteiger partial charge in [0, 0.05) is 18.5 Å². The molecule has 1 aromatic rings. The van der Waals surface area contributed by atoms with Gasteiger partial charge in [-0.2, -0.15) is 9.57 Å². The fourth-order valence-electron chi connectivity index (χ4n) is 2.65. The number of carbonyl (C=O) groups excluding carboxylic acids is 2. The molecule has 0 saturated carbocycles. The van der Waals surface area contributed by atoms with Crippen LogP contribution in [-0.2, 0) is 24.3 Å². The number of hydrogen-bond acceptors (Lipinski definition) is 6. The first-order valence-corrected chi connectivity index (χ1v) is 10.2. The van der Waals surface area contributed by atoms with Gasteiger partial charge < -0.3 is 4.74 Å². The summed E-state index contributed by atoms with van der Waals surface area (Å²) in [6.45, 7) is 5.43. The molecule has 0 amide bonds. The van der Waals surface area contributed by atoms with Crippen molar-refractivity contribution >= 4 is 21.8 Å². The van der Waals surface area contributed by atoms with Gasteiger partial charge in [-0.15, -0.1) is 0 Å². The second-order valence-corrected chi connectivity index (χ2v) is 9.53. The second kappa shape index (κ2) is 8.19. The zero-order valence-corrected chi connectivity index (χ0v) is 16.6. The van der Waals surface area contributed by atoms with Gasteiger partial charge in [-0.3, -0.25) is 9.59 Å². The summed E-state index contributed by atoms with van der Waals surface area (Å²) in [5.74, 6) is -1.02. The van der Waals surface area contributed by atoms with Crippen LogP contribution in [0.15, 0.2) is 29.2 Å². The van der Waals surface area contributed by atoms with Crippen LogP contribution in [0.2, 0.25) is 0 Å². The van der Waals surface area contributed by atoms with Gasteiger partial charge in [-0.05, 0) is 37.1 Å². The van der Waals surface area contributed by atoms with E-state index in [0.29, 0.717) is 18.4 Å². The Kier molecular flexibility index (Phi) is 6.39. The zero-order chi connectivity index (χ0) is 20.2. The molecule has 2 rings (SSSR count). The monoisotopic (exact) mass is 392 g/mol. The molecule has 1 heterocycles. The number of benzene rings is 1. The van der Waals surface area contributed by atoms with E-state index in [9.17, 15) is 18.0 Å². The van der Waals surface area contributed by atoms with Gasteiger partial charge in [0.15, 0.2) is 12.4 Å². The Morgan fingerprint density at radius 3 is 2.22 bits per heavy atom. The molecule has 0 atom stereocenters. The SMILES string of the molecule is CC(C)(C)C(=O)COC(=O)C1CCN(S(=O)(=O)c2ccc(C#N)cc2)CC1. The van der Waals surface area contributed by atoms with E-state index in [2.05, 4.69) is 0 Å². The number of ketones is 1. The van der Waals surface area contributed by atoms with Crippen molar-refractivity contribution in [3.05, 3.63) is 29.8 Å². The largest absolute Gasteiger partial charge is 0.457 e. The number of esters is 1. The smallest absolute Gasteiger partial charge is 0.309 e. The lowest BCUT2D eigenvalue weighted by Crippen LogP contribution is -2.41. The third-order valence-electron chi connectivity index (χ3n) is 4.59. The average Bonchev–Trinajstić information content (AvgIpc) is 2.65. The summed E-state index contributed by atoms with van der Waals surface area (Å²) >= 11 is 0. The van der Waals surface area contributed by atoms with E-state index in [-0.39, 0.29) is 30.4 Å². The lowest BCUT2D eigenvalue weighted by molar-refractivity contribution is -0.154. The Bertz CT molecular complexity index is 840. The Morgan fingerprint density at radius 2 is 1.74 bits per heavy atom. The summed E-state index contributed by atoms with van der Waals surface area (Å²) in [6.07, 6.45) is 0.691. The Morgan fingerprint density at radius 1 is 1.19 bits per heavy atom. The summed E-state index contributed by atoms with van der Waals surface area (Å²) in [7, 11) is -3.66. The maximum Gasteiger partial charge on any atom is 0.309 e. The number of Topliss-reactive ketones (excluding diaryl/α,β-unsaturated/α-hetero) is 1. The van der Waals surface area contributed by atoms with Crippen LogP contribution in [0.3, 0.4) is 0 Å².